The van der Waals surface area contributed by atoms with Crippen LogP contribution < -0.4 is 5.32 Å². The number of pyridine rings is 1. The average molecular weight is 398 g/mol. The molecule has 25 heavy (non-hydrogen) atoms. The molecule has 0 fully saturated rings. The van der Waals surface area contributed by atoms with Crippen molar-refractivity contribution in [1.82, 2.24) is 14.8 Å². The number of halogens is 5. The Kier molecular flexibility index (Phi) is 5.18. The minimum atomic E-state index is -4.66. The standard InChI is InChI=1S/C12H8Cl2F3N5O3/c1-5-9(13)11(22(24)25)20-21(5)4-8(23)19-7-2-6(12(15,16)17)3-18-10(7)14/h2-3H,4H2,1H3,(H,19,23). The van der Waals surface area contributed by atoms with Crippen LogP contribution in [0.25, 0.3) is 0 Å². The summed E-state index contributed by atoms with van der Waals surface area (Å²) in [6.07, 6.45) is -4.14. The molecule has 0 aliphatic heterocycles. The first-order chi connectivity index (χ1) is 11.5. The van der Waals surface area contributed by atoms with Crippen molar-refractivity contribution in [3.05, 3.63) is 43.8 Å². The lowest BCUT2D eigenvalue weighted by atomic mass is 10.2. The van der Waals surface area contributed by atoms with Crippen LogP contribution in [-0.4, -0.2) is 25.6 Å². The summed E-state index contributed by atoms with van der Waals surface area (Å²) in [6, 6.07) is 0.624. The van der Waals surface area contributed by atoms with Crippen molar-refractivity contribution >= 4 is 40.6 Å². The fourth-order valence-electron chi connectivity index (χ4n) is 1.80. The SMILES string of the molecule is Cc1c(Cl)c([N+](=O)[O-])nn1CC(=O)Nc1cc(C(F)(F)F)cnc1Cl. The van der Waals surface area contributed by atoms with Gasteiger partial charge in [0.15, 0.2) is 10.2 Å². The van der Waals surface area contributed by atoms with E-state index in [0.29, 0.717) is 12.3 Å². The number of hydrogen-bond acceptors (Lipinski definition) is 5. The van der Waals surface area contributed by atoms with E-state index in [2.05, 4.69) is 15.4 Å². The van der Waals surface area contributed by atoms with Crippen LogP contribution in [0.2, 0.25) is 10.2 Å². The van der Waals surface area contributed by atoms with Gasteiger partial charge in [0.25, 0.3) is 0 Å². The summed E-state index contributed by atoms with van der Waals surface area (Å²) < 4.78 is 39.0. The maximum Gasteiger partial charge on any atom is 0.417 e. The molecule has 2 heterocycles. The third kappa shape index (κ3) is 4.17. The van der Waals surface area contributed by atoms with Gasteiger partial charge in [0.05, 0.1) is 22.0 Å². The Hall–Kier alpha value is -2.40. The molecule has 2 rings (SSSR count). The lowest BCUT2D eigenvalue weighted by molar-refractivity contribution is -0.389. The molecule has 0 aromatic carbocycles. The smallest absolute Gasteiger partial charge is 0.358 e. The first-order valence-corrected chi connectivity index (χ1v) is 7.16. The fraction of sp³-hybridized carbons (Fsp3) is 0.250. The van der Waals surface area contributed by atoms with Gasteiger partial charge in [0, 0.05) is 6.20 Å². The van der Waals surface area contributed by atoms with Crippen molar-refractivity contribution in [1.29, 1.82) is 0 Å². The second-order valence-corrected chi connectivity index (χ2v) is 5.48. The zero-order valence-corrected chi connectivity index (χ0v) is 13.8. The van der Waals surface area contributed by atoms with E-state index in [1.54, 1.807) is 0 Å². The van der Waals surface area contributed by atoms with Crippen molar-refractivity contribution in [2.24, 2.45) is 0 Å². The van der Waals surface area contributed by atoms with Crippen molar-refractivity contribution < 1.29 is 22.9 Å². The van der Waals surface area contributed by atoms with Gasteiger partial charge in [-0.15, -0.1) is 0 Å². The Bertz CT molecular complexity index is 853. The summed E-state index contributed by atoms with van der Waals surface area (Å²) in [6.45, 7) is 0.875. The number of nitrogens with zero attached hydrogens (tertiary/aromatic N) is 4. The molecule has 0 atom stereocenters. The monoisotopic (exact) mass is 397 g/mol. The normalized spacial score (nSPS) is 11.4. The molecule has 0 aliphatic rings. The van der Waals surface area contributed by atoms with Crippen molar-refractivity contribution in [2.75, 3.05) is 5.32 Å². The summed E-state index contributed by atoms with van der Waals surface area (Å²) in [5.41, 5.74) is -1.30. The number of alkyl halides is 3. The summed E-state index contributed by atoms with van der Waals surface area (Å²) in [4.78, 5) is 25.3. The Morgan fingerprint density at radius 2 is 2.08 bits per heavy atom. The molecule has 134 valence electrons. The summed E-state index contributed by atoms with van der Waals surface area (Å²) >= 11 is 11.4. The van der Waals surface area contributed by atoms with Crippen LogP contribution in [-0.2, 0) is 17.5 Å². The number of aromatic nitrogens is 3. The van der Waals surface area contributed by atoms with Crippen LogP contribution >= 0.6 is 23.2 Å². The molecule has 2 aromatic heterocycles. The lowest BCUT2D eigenvalue weighted by Crippen LogP contribution is -2.21. The number of carbonyl (C=O) groups is 1. The number of carbonyl (C=O) groups excluding carboxylic acids is 1. The topological polar surface area (TPSA) is 103 Å². The second kappa shape index (κ2) is 6.84. The first kappa shape index (κ1) is 18.9. The molecule has 13 heteroatoms. The first-order valence-electron chi connectivity index (χ1n) is 6.40. The summed E-state index contributed by atoms with van der Waals surface area (Å²) in [5.74, 6) is -1.45. The highest BCUT2D eigenvalue weighted by Gasteiger charge is 2.32. The largest absolute Gasteiger partial charge is 0.417 e. The third-order valence-corrected chi connectivity index (χ3v) is 3.77. The van der Waals surface area contributed by atoms with E-state index in [1.165, 1.54) is 6.92 Å². The summed E-state index contributed by atoms with van der Waals surface area (Å²) in [7, 11) is 0. The quantitative estimate of drug-likeness (QED) is 0.483. The predicted octanol–water partition coefficient (Wildman–Crippen LogP) is 3.46. The molecule has 0 bridgehead atoms. The number of amides is 1. The molecule has 2 aromatic rings. The highest BCUT2D eigenvalue weighted by atomic mass is 35.5. The van der Waals surface area contributed by atoms with Gasteiger partial charge < -0.3 is 15.4 Å². The fourth-order valence-corrected chi connectivity index (χ4v) is 2.15. The van der Waals surface area contributed by atoms with Gasteiger partial charge in [-0.25, -0.2) is 4.98 Å². The highest BCUT2D eigenvalue weighted by Crippen LogP contribution is 2.32. The molecule has 1 amide bonds. The van der Waals surface area contributed by atoms with E-state index >= 15 is 0 Å². The molecule has 1 N–H and O–H groups in total. The predicted molar refractivity (Wildman–Crippen MR) is 81.5 cm³/mol. The van der Waals surface area contributed by atoms with Crippen LogP contribution in [0.5, 0.6) is 0 Å². The van der Waals surface area contributed by atoms with Gasteiger partial charge in [0.2, 0.25) is 5.91 Å². The molecule has 0 aliphatic carbocycles. The van der Waals surface area contributed by atoms with Gasteiger partial charge in [0.1, 0.15) is 6.54 Å². The van der Waals surface area contributed by atoms with Crippen LogP contribution in [0.15, 0.2) is 12.3 Å². The molecule has 0 saturated carbocycles. The molecule has 0 saturated heterocycles. The Labute approximate surface area is 147 Å². The van der Waals surface area contributed by atoms with Gasteiger partial charge in [-0.1, -0.05) is 23.2 Å². The van der Waals surface area contributed by atoms with E-state index in [1.807, 2.05) is 0 Å². The molecular weight excluding hydrogens is 390 g/mol. The van der Waals surface area contributed by atoms with Crippen LogP contribution in [0.3, 0.4) is 0 Å². The zero-order valence-electron chi connectivity index (χ0n) is 12.3. The van der Waals surface area contributed by atoms with Crippen LogP contribution in [0, 0.1) is 17.0 Å². The van der Waals surface area contributed by atoms with Gasteiger partial charge >= 0.3 is 12.0 Å². The van der Waals surface area contributed by atoms with Crippen molar-refractivity contribution in [3.63, 3.8) is 0 Å². The molecule has 8 nitrogen and oxygen atoms in total. The Morgan fingerprint density at radius 1 is 1.44 bits per heavy atom. The minimum Gasteiger partial charge on any atom is -0.358 e. The second-order valence-electron chi connectivity index (χ2n) is 4.75. The Balaban J connectivity index is 2.21. The number of anilines is 1. The molecule has 0 spiro atoms. The molecule has 0 radical (unpaired) electrons. The van der Waals surface area contributed by atoms with Gasteiger partial charge in [-0.2, -0.15) is 17.9 Å². The minimum absolute atomic E-state index is 0.150. The average Bonchev–Trinajstić information content (AvgIpc) is 2.77. The Morgan fingerprint density at radius 3 is 2.60 bits per heavy atom. The molecule has 0 unspecified atom stereocenters. The molecular formula is C12H8Cl2F3N5O3. The van der Waals surface area contributed by atoms with Crippen LogP contribution in [0.1, 0.15) is 11.3 Å². The lowest BCUT2D eigenvalue weighted by Gasteiger charge is -2.10. The summed E-state index contributed by atoms with van der Waals surface area (Å²) in [5, 5.41) is 15.9. The maximum atomic E-state index is 12.7. The van der Waals surface area contributed by atoms with Gasteiger partial charge in [-0.3, -0.25) is 4.79 Å². The highest BCUT2D eigenvalue weighted by molar-refractivity contribution is 6.33. The van der Waals surface area contributed by atoms with Crippen LogP contribution in [0.4, 0.5) is 24.7 Å². The maximum absolute atomic E-state index is 12.7. The number of nitro groups is 1. The number of hydrogen-bond donors (Lipinski definition) is 1. The van der Waals surface area contributed by atoms with Crippen molar-refractivity contribution in [3.8, 4) is 0 Å². The van der Waals surface area contributed by atoms with E-state index in [4.69, 9.17) is 23.2 Å². The van der Waals surface area contributed by atoms with Gasteiger partial charge in [-0.05, 0) is 17.9 Å². The van der Waals surface area contributed by atoms with E-state index in [0.717, 1.165) is 4.68 Å². The zero-order chi connectivity index (χ0) is 18.9. The number of nitrogens with one attached hydrogen (secondary N) is 1. The van der Waals surface area contributed by atoms with Crippen molar-refractivity contribution in [2.45, 2.75) is 19.6 Å². The van der Waals surface area contributed by atoms with E-state index in [9.17, 15) is 28.1 Å². The van der Waals surface area contributed by atoms with E-state index < -0.39 is 34.9 Å². The van der Waals surface area contributed by atoms with E-state index in [-0.39, 0.29) is 21.6 Å². The third-order valence-electron chi connectivity index (χ3n) is 3.02. The number of rotatable bonds is 4.